The third-order valence-electron chi connectivity index (χ3n) is 5.46. The van der Waals surface area contributed by atoms with Gasteiger partial charge in [0.05, 0.1) is 31.4 Å². The first kappa shape index (κ1) is 19.4. The molecule has 0 radical (unpaired) electrons. The lowest BCUT2D eigenvalue weighted by atomic mass is 9.89. The maximum atomic E-state index is 12.5. The van der Waals surface area contributed by atoms with Crippen molar-refractivity contribution in [2.75, 3.05) is 25.5 Å². The molecule has 4 rings (SSSR count). The van der Waals surface area contributed by atoms with Gasteiger partial charge in [-0.3, -0.25) is 4.79 Å². The van der Waals surface area contributed by atoms with Crippen molar-refractivity contribution in [2.24, 2.45) is 0 Å². The van der Waals surface area contributed by atoms with Gasteiger partial charge in [0.2, 0.25) is 0 Å². The molecule has 0 saturated carbocycles. The van der Waals surface area contributed by atoms with Gasteiger partial charge in [0.25, 0.3) is 0 Å². The first-order valence-corrected chi connectivity index (χ1v) is 10.4. The number of benzene rings is 1. The highest BCUT2D eigenvalue weighted by atomic mass is 32.1. The molecule has 3 heterocycles. The van der Waals surface area contributed by atoms with Crippen LogP contribution in [0, 0.1) is 0 Å². The van der Waals surface area contributed by atoms with E-state index in [-0.39, 0.29) is 6.03 Å². The van der Waals surface area contributed by atoms with E-state index in [1.807, 2.05) is 29.8 Å². The van der Waals surface area contributed by atoms with Crippen molar-refractivity contribution in [3.63, 3.8) is 0 Å². The largest absolute Gasteiger partial charge is 0.462 e. The van der Waals surface area contributed by atoms with Gasteiger partial charge in [-0.05, 0) is 36.5 Å². The lowest BCUT2D eigenvalue weighted by Crippen LogP contribution is -2.42. The second-order valence-corrected chi connectivity index (χ2v) is 8.13. The first-order valence-electron chi connectivity index (χ1n) is 9.49. The zero-order valence-electron chi connectivity index (χ0n) is 16.1. The molecule has 2 aromatic rings. The van der Waals surface area contributed by atoms with Crippen LogP contribution in [0.5, 0.6) is 0 Å². The molecule has 3 amide bonds. The number of esters is 1. The molecule has 29 heavy (non-hydrogen) atoms. The minimum Gasteiger partial charge on any atom is -0.462 e. The van der Waals surface area contributed by atoms with Crippen LogP contribution in [0.1, 0.15) is 34.9 Å². The van der Waals surface area contributed by atoms with Crippen molar-refractivity contribution < 1.29 is 19.1 Å². The third kappa shape index (κ3) is 4.09. The average Bonchev–Trinajstić information content (AvgIpc) is 3.36. The van der Waals surface area contributed by atoms with Crippen molar-refractivity contribution in [3.8, 4) is 0 Å². The number of aromatic nitrogens is 1. The number of fused-ring (bicyclic) bond motifs is 1. The quantitative estimate of drug-likeness (QED) is 0.602. The predicted octanol–water partition coefficient (Wildman–Crippen LogP) is 2.57. The van der Waals surface area contributed by atoms with Crippen LogP contribution in [0.25, 0.3) is 0 Å². The Bertz CT molecular complexity index is 898. The summed E-state index contributed by atoms with van der Waals surface area (Å²) in [6, 6.07) is 7.71. The Labute approximate surface area is 172 Å². The molecule has 1 saturated heterocycles. The number of rotatable bonds is 2. The number of ether oxygens (including phenoxy) is 1. The Morgan fingerprint density at radius 2 is 1.83 bits per heavy atom. The van der Waals surface area contributed by atoms with E-state index in [9.17, 15) is 14.4 Å². The Morgan fingerprint density at radius 1 is 1.10 bits per heavy atom. The number of hydrogen-bond acceptors (Lipinski definition) is 6. The van der Waals surface area contributed by atoms with Gasteiger partial charge in [-0.25, -0.2) is 14.6 Å². The number of nitrogens with zero attached hydrogens (tertiary/aromatic N) is 3. The number of carbonyl (C=O) groups is 3. The van der Waals surface area contributed by atoms with Gasteiger partial charge in [-0.15, -0.1) is 11.3 Å². The maximum Gasteiger partial charge on any atom is 0.396 e. The summed E-state index contributed by atoms with van der Waals surface area (Å²) in [5.74, 6) is -1.06. The summed E-state index contributed by atoms with van der Waals surface area (Å²) < 4.78 is 4.50. The van der Waals surface area contributed by atoms with Gasteiger partial charge >= 0.3 is 17.9 Å². The number of amides is 3. The SMILES string of the molecule is COC(=O)C(=O)N1CCC(c2ccc(NC(=O)N3Cc4ncsc4C3)cc2)CC1. The van der Waals surface area contributed by atoms with Gasteiger partial charge in [-0.2, -0.15) is 0 Å². The number of hydrogen-bond donors (Lipinski definition) is 1. The minimum atomic E-state index is -0.813. The lowest BCUT2D eigenvalue weighted by Gasteiger charge is -2.31. The fourth-order valence-electron chi connectivity index (χ4n) is 3.78. The summed E-state index contributed by atoms with van der Waals surface area (Å²) >= 11 is 1.58. The molecule has 1 fully saturated rings. The summed E-state index contributed by atoms with van der Waals surface area (Å²) in [6.45, 7) is 2.22. The minimum absolute atomic E-state index is 0.127. The second kappa shape index (κ2) is 8.20. The number of urea groups is 1. The molecule has 1 N–H and O–H groups in total. The van der Waals surface area contributed by atoms with E-state index in [1.54, 1.807) is 21.1 Å². The van der Waals surface area contributed by atoms with Crippen LogP contribution in [0.15, 0.2) is 29.8 Å². The van der Waals surface area contributed by atoms with Crippen LogP contribution in [-0.2, 0) is 27.4 Å². The van der Waals surface area contributed by atoms with Crippen molar-refractivity contribution in [1.29, 1.82) is 0 Å². The zero-order valence-corrected chi connectivity index (χ0v) is 16.9. The number of anilines is 1. The van der Waals surface area contributed by atoms with E-state index < -0.39 is 11.9 Å². The fraction of sp³-hybridized carbons (Fsp3) is 0.400. The summed E-state index contributed by atoms with van der Waals surface area (Å²) in [5, 5.41) is 2.94. The van der Waals surface area contributed by atoms with E-state index in [4.69, 9.17) is 0 Å². The van der Waals surface area contributed by atoms with Gasteiger partial charge in [0.15, 0.2) is 0 Å². The summed E-state index contributed by atoms with van der Waals surface area (Å²) in [6.07, 6.45) is 1.58. The molecule has 8 nitrogen and oxygen atoms in total. The normalized spacial score (nSPS) is 16.4. The number of carbonyl (C=O) groups excluding carboxylic acids is 3. The zero-order chi connectivity index (χ0) is 20.4. The van der Waals surface area contributed by atoms with Crippen molar-refractivity contribution in [1.82, 2.24) is 14.8 Å². The summed E-state index contributed by atoms with van der Waals surface area (Å²) in [7, 11) is 1.22. The Kier molecular flexibility index (Phi) is 5.48. The highest BCUT2D eigenvalue weighted by molar-refractivity contribution is 7.09. The fourth-order valence-corrected chi connectivity index (χ4v) is 4.57. The van der Waals surface area contributed by atoms with E-state index in [0.717, 1.165) is 29.1 Å². The topological polar surface area (TPSA) is 91.8 Å². The van der Waals surface area contributed by atoms with Gasteiger partial charge in [-0.1, -0.05) is 12.1 Å². The number of methoxy groups -OCH3 is 1. The highest BCUT2D eigenvalue weighted by Gasteiger charge is 2.28. The summed E-state index contributed by atoms with van der Waals surface area (Å²) in [5.41, 5.74) is 4.72. The van der Waals surface area contributed by atoms with Crippen LogP contribution in [-0.4, -0.2) is 52.9 Å². The Morgan fingerprint density at radius 3 is 2.48 bits per heavy atom. The average molecular weight is 414 g/mol. The van der Waals surface area contributed by atoms with E-state index >= 15 is 0 Å². The molecule has 0 unspecified atom stereocenters. The van der Waals surface area contributed by atoms with Gasteiger partial charge in [0.1, 0.15) is 0 Å². The molecule has 0 spiro atoms. The molecule has 9 heteroatoms. The van der Waals surface area contributed by atoms with Crippen LogP contribution in [0.2, 0.25) is 0 Å². The molecule has 1 aromatic heterocycles. The van der Waals surface area contributed by atoms with Crippen molar-refractivity contribution in [2.45, 2.75) is 31.8 Å². The van der Waals surface area contributed by atoms with Gasteiger partial charge < -0.3 is 19.9 Å². The van der Waals surface area contributed by atoms with E-state index in [2.05, 4.69) is 15.0 Å². The van der Waals surface area contributed by atoms with Gasteiger partial charge in [0, 0.05) is 23.7 Å². The second-order valence-electron chi connectivity index (χ2n) is 7.19. The summed E-state index contributed by atoms with van der Waals surface area (Å²) in [4.78, 5) is 44.4. The molecule has 0 atom stereocenters. The monoisotopic (exact) mass is 414 g/mol. The third-order valence-corrected chi connectivity index (χ3v) is 6.32. The number of likely N-dealkylation sites (tertiary alicyclic amines) is 1. The van der Waals surface area contributed by atoms with Crippen LogP contribution in [0.4, 0.5) is 10.5 Å². The first-order chi connectivity index (χ1) is 14.0. The molecular weight excluding hydrogens is 392 g/mol. The smallest absolute Gasteiger partial charge is 0.396 e. The van der Waals surface area contributed by atoms with Crippen LogP contribution >= 0.6 is 11.3 Å². The molecular formula is C20H22N4O4S. The number of thiazole rings is 1. The number of nitrogens with one attached hydrogen (secondary N) is 1. The maximum absolute atomic E-state index is 12.5. The number of piperidine rings is 1. The van der Waals surface area contributed by atoms with Crippen LogP contribution < -0.4 is 5.32 Å². The molecule has 0 bridgehead atoms. The van der Waals surface area contributed by atoms with Crippen molar-refractivity contribution in [3.05, 3.63) is 45.9 Å². The molecule has 2 aliphatic rings. The lowest BCUT2D eigenvalue weighted by molar-refractivity contribution is -0.158. The molecule has 2 aliphatic heterocycles. The predicted molar refractivity (Wildman–Crippen MR) is 107 cm³/mol. The highest BCUT2D eigenvalue weighted by Crippen LogP contribution is 2.29. The molecule has 0 aliphatic carbocycles. The molecule has 152 valence electrons. The van der Waals surface area contributed by atoms with E-state index in [0.29, 0.717) is 32.1 Å². The standard InChI is InChI=1S/C20H22N4O4S/c1-28-19(26)18(25)23-8-6-14(7-9-23)13-2-4-15(5-3-13)22-20(27)24-10-16-17(11-24)29-12-21-16/h2-5,12,14H,6-11H2,1H3,(H,22,27). The van der Waals surface area contributed by atoms with Crippen LogP contribution in [0.3, 0.4) is 0 Å². The Balaban J connectivity index is 1.30. The van der Waals surface area contributed by atoms with E-state index in [1.165, 1.54) is 12.7 Å². The van der Waals surface area contributed by atoms with Crippen molar-refractivity contribution >= 4 is 34.9 Å². The molecule has 1 aromatic carbocycles. The Hall–Kier alpha value is -2.94.